The van der Waals surface area contributed by atoms with Gasteiger partial charge in [-0.25, -0.2) is 8.42 Å². The van der Waals surface area contributed by atoms with Gasteiger partial charge in [-0.05, 0) is 11.4 Å². The summed E-state index contributed by atoms with van der Waals surface area (Å²) in [6, 6.07) is 3.89. The number of halogens is 1. The lowest BCUT2D eigenvalue weighted by atomic mass is 10.1. The Balaban J connectivity index is 1.96. The molecular weight excluding hydrogens is 282 g/mol. The van der Waals surface area contributed by atoms with Crippen molar-refractivity contribution in [3.05, 3.63) is 22.4 Å². The van der Waals surface area contributed by atoms with Crippen molar-refractivity contribution in [2.45, 2.75) is 13.0 Å². The Labute approximate surface area is 109 Å². The summed E-state index contributed by atoms with van der Waals surface area (Å²) in [5.41, 5.74) is 0. The van der Waals surface area contributed by atoms with Gasteiger partial charge in [-0.3, -0.25) is 4.79 Å². The standard InChI is InChI=1S/C10H12ClNO3S2/c11-17(14,15)7-8-4-10(13)12(5-8)6-9-2-1-3-16-9/h1-3,8H,4-7H2. The highest BCUT2D eigenvalue weighted by Gasteiger charge is 2.32. The van der Waals surface area contributed by atoms with Crippen molar-refractivity contribution in [3.8, 4) is 0 Å². The van der Waals surface area contributed by atoms with Crippen molar-refractivity contribution in [3.63, 3.8) is 0 Å². The first-order valence-electron chi connectivity index (χ1n) is 5.16. The highest BCUT2D eigenvalue weighted by atomic mass is 35.7. The summed E-state index contributed by atoms with van der Waals surface area (Å²) in [4.78, 5) is 14.5. The van der Waals surface area contributed by atoms with E-state index in [-0.39, 0.29) is 24.0 Å². The molecule has 1 aromatic rings. The molecule has 7 heteroatoms. The highest BCUT2D eigenvalue weighted by Crippen LogP contribution is 2.23. The first kappa shape index (κ1) is 12.9. The van der Waals surface area contributed by atoms with Gasteiger partial charge in [-0.15, -0.1) is 11.3 Å². The lowest BCUT2D eigenvalue weighted by Gasteiger charge is -2.15. The van der Waals surface area contributed by atoms with E-state index in [4.69, 9.17) is 10.7 Å². The van der Waals surface area contributed by atoms with Gasteiger partial charge in [0.15, 0.2) is 0 Å². The predicted molar refractivity (Wildman–Crippen MR) is 67.5 cm³/mol. The normalized spacial score (nSPS) is 21.1. The maximum absolute atomic E-state index is 11.7. The second kappa shape index (κ2) is 4.96. The maximum atomic E-state index is 11.7. The van der Waals surface area contributed by atoms with Crippen molar-refractivity contribution >= 4 is 37.0 Å². The zero-order chi connectivity index (χ0) is 12.5. The number of carbonyl (C=O) groups is 1. The van der Waals surface area contributed by atoms with Crippen molar-refractivity contribution in [2.24, 2.45) is 5.92 Å². The summed E-state index contributed by atoms with van der Waals surface area (Å²) in [6.45, 7) is 1.04. The summed E-state index contributed by atoms with van der Waals surface area (Å²) in [7, 11) is 1.68. The molecule has 94 valence electrons. The molecule has 0 saturated carbocycles. The fraction of sp³-hybridized carbons (Fsp3) is 0.500. The number of hydrogen-bond acceptors (Lipinski definition) is 4. The molecule has 0 radical (unpaired) electrons. The van der Waals surface area contributed by atoms with E-state index in [2.05, 4.69) is 0 Å². The van der Waals surface area contributed by atoms with Crippen LogP contribution in [0.3, 0.4) is 0 Å². The minimum atomic E-state index is -3.52. The van der Waals surface area contributed by atoms with Crippen LogP contribution in [0.2, 0.25) is 0 Å². The van der Waals surface area contributed by atoms with Gasteiger partial charge in [-0.1, -0.05) is 6.07 Å². The lowest BCUT2D eigenvalue weighted by Crippen LogP contribution is -2.24. The second-order valence-corrected chi connectivity index (χ2v) is 7.98. The summed E-state index contributed by atoms with van der Waals surface area (Å²) >= 11 is 1.59. The fourth-order valence-electron chi connectivity index (χ4n) is 1.99. The third kappa shape index (κ3) is 3.69. The van der Waals surface area contributed by atoms with Gasteiger partial charge in [0.25, 0.3) is 0 Å². The summed E-state index contributed by atoms with van der Waals surface area (Å²) in [6.07, 6.45) is 0.275. The topological polar surface area (TPSA) is 54.5 Å². The van der Waals surface area contributed by atoms with Crippen LogP contribution in [0.25, 0.3) is 0 Å². The molecule has 1 aliphatic heterocycles. The average molecular weight is 294 g/mol. The highest BCUT2D eigenvalue weighted by molar-refractivity contribution is 8.13. The molecule has 1 atom stereocenters. The number of carbonyl (C=O) groups excluding carboxylic acids is 1. The van der Waals surface area contributed by atoms with Crippen molar-refractivity contribution in [2.75, 3.05) is 12.3 Å². The van der Waals surface area contributed by atoms with Gasteiger partial charge in [0, 0.05) is 34.4 Å². The average Bonchev–Trinajstić information content (AvgIpc) is 2.75. The molecule has 1 saturated heterocycles. The minimum absolute atomic E-state index is 0.00344. The molecule has 1 amide bonds. The van der Waals surface area contributed by atoms with Crippen LogP contribution < -0.4 is 0 Å². The minimum Gasteiger partial charge on any atom is -0.337 e. The zero-order valence-electron chi connectivity index (χ0n) is 9.00. The molecule has 1 fully saturated rings. The van der Waals surface area contributed by atoms with E-state index >= 15 is 0 Å². The summed E-state index contributed by atoms with van der Waals surface area (Å²) in [5, 5.41) is 1.95. The van der Waals surface area contributed by atoms with Crippen LogP contribution >= 0.6 is 22.0 Å². The van der Waals surface area contributed by atoms with Crippen LogP contribution in [0.15, 0.2) is 17.5 Å². The first-order valence-corrected chi connectivity index (χ1v) is 8.52. The molecule has 17 heavy (non-hydrogen) atoms. The lowest BCUT2D eigenvalue weighted by molar-refractivity contribution is -0.128. The molecule has 1 unspecified atom stereocenters. The van der Waals surface area contributed by atoms with Crippen LogP contribution in [0.4, 0.5) is 0 Å². The number of nitrogens with zero attached hydrogens (tertiary/aromatic N) is 1. The SMILES string of the molecule is O=C1CC(CS(=O)(=O)Cl)CN1Cc1cccs1. The Kier molecular flexibility index (Phi) is 3.75. The molecule has 0 bridgehead atoms. The number of hydrogen-bond donors (Lipinski definition) is 0. The molecule has 0 aliphatic carbocycles. The van der Waals surface area contributed by atoms with E-state index in [0.29, 0.717) is 13.1 Å². The van der Waals surface area contributed by atoms with Crippen LogP contribution in [0.5, 0.6) is 0 Å². The molecule has 0 spiro atoms. The fourth-order valence-corrected chi connectivity index (χ4v) is 4.03. The van der Waals surface area contributed by atoms with E-state index < -0.39 is 9.05 Å². The number of thiophene rings is 1. The number of amides is 1. The van der Waals surface area contributed by atoms with Gasteiger partial charge >= 0.3 is 0 Å². The summed E-state index contributed by atoms with van der Waals surface area (Å²) in [5.74, 6) is -0.296. The van der Waals surface area contributed by atoms with E-state index in [1.807, 2.05) is 17.5 Å². The number of likely N-dealkylation sites (tertiary alicyclic amines) is 1. The van der Waals surface area contributed by atoms with Crippen molar-refractivity contribution in [1.82, 2.24) is 4.90 Å². The summed E-state index contributed by atoms with van der Waals surface area (Å²) < 4.78 is 21.9. The van der Waals surface area contributed by atoms with Crippen molar-refractivity contribution < 1.29 is 13.2 Å². The Morgan fingerprint density at radius 3 is 2.88 bits per heavy atom. The Morgan fingerprint density at radius 2 is 2.29 bits per heavy atom. The maximum Gasteiger partial charge on any atom is 0.232 e. The zero-order valence-corrected chi connectivity index (χ0v) is 11.4. The van der Waals surface area contributed by atoms with Gasteiger partial charge < -0.3 is 4.90 Å². The van der Waals surface area contributed by atoms with Gasteiger partial charge in [0.2, 0.25) is 15.0 Å². The largest absolute Gasteiger partial charge is 0.337 e. The first-order chi connectivity index (χ1) is 7.94. The smallest absolute Gasteiger partial charge is 0.232 e. The van der Waals surface area contributed by atoms with E-state index in [0.717, 1.165) is 4.88 Å². The van der Waals surface area contributed by atoms with E-state index in [1.54, 1.807) is 16.2 Å². The van der Waals surface area contributed by atoms with Gasteiger partial charge in [0.1, 0.15) is 0 Å². The van der Waals surface area contributed by atoms with Crippen LogP contribution in [-0.2, 0) is 20.4 Å². The molecule has 2 heterocycles. The Bertz CT molecular complexity index is 498. The van der Waals surface area contributed by atoms with Crippen LogP contribution in [0.1, 0.15) is 11.3 Å². The second-order valence-electron chi connectivity index (χ2n) is 4.13. The third-order valence-electron chi connectivity index (χ3n) is 2.66. The molecule has 4 nitrogen and oxygen atoms in total. The van der Waals surface area contributed by atoms with E-state index in [9.17, 15) is 13.2 Å². The van der Waals surface area contributed by atoms with Gasteiger partial charge in [-0.2, -0.15) is 0 Å². The third-order valence-corrected chi connectivity index (χ3v) is 4.76. The Hall–Kier alpha value is -0.590. The molecular formula is C10H12ClNO3S2. The predicted octanol–water partition coefficient (Wildman–Crippen LogP) is 1.67. The van der Waals surface area contributed by atoms with Gasteiger partial charge in [0.05, 0.1) is 12.3 Å². The van der Waals surface area contributed by atoms with Crippen molar-refractivity contribution in [1.29, 1.82) is 0 Å². The molecule has 1 aromatic heterocycles. The molecule has 2 rings (SSSR count). The quantitative estimate of drug-likeness (QED) is 0.794. The monoisotopic (exact) mass is 293 g/mol. The number of rotatable bonds is 4. The van der Waals surface area contributed by atoms with E-state index in [1.165, 1.54) is 0 Å². The molecule has 0 aromatic carbocycles. The molecule has 0 N–H and O–H groups in total. The molecule has 1 aliphatic rings. The van der Waals surface area contributed by atoms with Crippen LogP contribution in [-0.4, -0.2) is 31.5 Å². The Morgan fingerprint density at radius 1 is 1.53 bits per heavy atom. The van der Waals surface area contributed by atoms with Crippen LogP contribution in [0, 0.1) is 5.92 Å².